The molecule has 1 saturated heterocycles. The lowest BCUT2D eigenvalue weighted by molar-refractivity contribution is 0.198. The Labute approximate surface area is 171 Å². The second-order valence-electron chi connectivity index (χ2n) is 6.11. The minimum Gasteiger partial charge on any atom is -0.496 e. The number of methoxy groups -OCH3 is 1. The summed E-state index contributed by atoms with van der Waals surface area (Å²) < 4.78 is 5.79. The standard InChI is InChI=1S/C20H22N2OS.2ClH/c1-23-17-9-8-15-5-2-3-6-16(15)19(17)20(18-7-4-14-24-18)22-12-10-21-11-13-22;;/h2-9,14,20-21H,10-13H2,1H3;2*1H/t20-;;/m0../s1. The normalized spacial score (nSPS) is 15.7. The molecule has 0 unspecified atom stereocenters. The molecule has 0 aliphatic carbocycles. The van der Waals surface area contributed by atoms with Crippen LogP contribution in [0.4, 0.5) is 0 Å². The van der Waals surface area contributed by atoms with Crippen LogP contribution >= 0.6 is 36.2 Å². The van der Waals surface area contributed by atoms with Crippen molar-refractivity contribution in [1.82, 2.24) is 10.2 Å². The largest absolute Gasteiger partial charge is 0.496 e. The summed E-state index contributed by atoms with van der Waals surface area (Å²) in [7, 11) is 1.77. The lowest BCUT2D eigenvalue weighted by atomic mass is 9.95. The Hall–Kier alpha value is -1.30. The van der Waals surface area contributed by atoms with E-state index in [1.807, 2.05) is 11.3 Å². The first-order valence-corrected chi connectivity index (χ1v) is 9.30. The van der Waals surface area contributed by atoms with Gasteiger partial charge < -0.3 is 10.1 Å². The van der Waals surface area contributed by atoms with E-state index in [4.69, 9.17) is 4.74 Å². The zero-order valence-corrected chi connectivity index (χ0v) is 17.1. The van der Waals surface area contributed by atoms with Gasteiger partial charge in [-0.15, -0.1) is 36.2 Å². The third-order valence-electron chi connectivity index (χ3n) is 4.75. The molecule has 0 spiro atoms. The molecule has 6 heteroatoms. The van der Waals surface area contributed by atoms with Crippen LogP contribution in [0.5, 0.6) is 5.75 Å². The van der Waals surface area contributed by atoms with E-state index in [-0.39, 0.29) is 30.9 Å². The minimum absolute atomic E-state index is 0. The number of piperazine rings is 1. The van der Waals surface area contributed by atoms with Crippen LogP contribution in [0.1, 0.15) is 16.5 Å². The lowest BCUT2D eigenvalue weighted by Gasteiger charge is -2.36. The van der Waals surface area contributed by atoms with Gasteiger partial charge >= 0.3 is 0 Å². The van der Waals surface area contributed by atoms with E-state index in [0.29, 0.717) is 0 Å². The van der Waals surface area contributed by atoms with Gasteiger partial charge in [0.15, 0.2) is 0 Å². The molecule has 3 nitrogen and oxygen atoms in total. The molecule has 4 rings (SSSR count). The molecule has 1 aliphatic heterocycles. The number of hydrogen-bond donors (Lipinski definition) is 1. The molecule has 3 aromatic rings. The molecule has 140 valence electrons. The molecule has 0 bridgehead atoms. The van der Waals surface area contributed by atoms with Crippen molar-refractivity contribution in [3.05, 3.63) is 64.4 Å². The quantitative estimate of drug-likeness (QED) is 0.671. The van der Waals surface area contributed by atoms with E-state index in [1.165, 1.54) is 21.2 Å². The SMILES string of the molecule is COc1ccc2ccccc2c1[C@H](c1cccs1)N1CCNCC1.Cl.Cl. The van der Waals surface area contributed by atoms with Crippen LogP contribution in [-0.4, -0.2) is 38.2 Å². The number of ether oxygens (including phenoxy) is 1. The minimum atomic E-state index is 0. The highest BCUT2D eigenvalue weighted by molar-refractivity contribution is 7.10. The summed E-state index contributed by atoms with van der Waals surface area (Å²) in [5, 5.41) is 8.19. The number of rotatable bonds is 4. The Morgan fingerprint density at radius 1 is 1.00 bits per heavy atom. The number of fused-ring (bicyclic) bond motifs is 1. The Kier molecular flexibility index (Phi) is 7.74. The molecule has 1 N–H and O–H groups in total. The van der Waals surface area contributed by atoms with Crippen LogP contribution in [0, 0.1) is 0 Å². The molecule has 1 atom stereocenters. The monoisotopic (exact) mass is 410 g/mol. The molecule has 1 aliphatic rings. The summed E-state index contributed by atoms with van der Waals surface area (Å²) in [6, 6.07) is 17.5. The summed E-state index contributed by atoms with van der Waals surface area (Å²) >= 11 is 1.83. The van der Waals surface area contributed by atoms with Gasteiger partial charge in [0, 0.05) is 36.6 Å². The molecule has 1 fully saturated rings. The first-order valence-electron chi connectivity index (χ1n) is 8.42. The average molecular weight is 411 g/mol. The zero-order valence-electron chi connectivity index (χ0n) is 14.7. The van der Waals surface area contributed by atoms with Crippen LogP contribution in [0.3, 0.4) is 0 Å². The smallest absolute Gasteiger partial charge is 0.124 e. The van der Waals surface area contributed by atoms with Crippen molar-refractivity contribution in [2.75, 3.05) is 33.3 Å². The first kappa shape index (κ1) is 21.0. The van der Waals surface area contributed by atoms with Gasteiger partial charge in [-0.1, -0.05) is 36.4 Å². The summed E-state index contributed by atoms with van der Waals surface area (Å²) in [5.41, 5.74) is 1.29. The molecule has 2 aromatic carbocycles. The van der Waals surface area contributed by atoms with Gasteiger partial charge in [0.1, 0.15) is 5.75 Å². The zero-order chi connectivity index (χ0) is 16.4. The molecular formula is C20H24Cl2N2OS. The van der Waals surface area contributed by atoms with Gasteiger partial charge in [-0.3, -0.25) is 4.90 Å². The summed E-state index contributed by atoms with van der Waals surface area (Å²) in [4.78, 5) is 3.96. The van der Waals surface area contributed by atoms with E-state index >= 15 is 0 Å². The topological polar surface area (TPSA) is 24.5 Å². The molecule has 0 radical (unpaired) electrons. The Balaban J connectivity index is 0.00000121. The number of nitrogens with one attached hydrogen (secondary N) is 1. The Bertz CT molecular complexity index is 820. The first-order chi connectivity index (χ1) is 11.9. The van der Waals surface area contributed by atoms with Gasteiger partial charge in [-0.05, 0) is 28.3 Å². The third-order valence-corrected chi connectivity index (χ3v) is 5.68. The van der Waals surface area contributed by atoms with Crippen LogP contribution in [0.25, 0.3) is 10.8 Å². The van der Waals surface area contributed by atoms with Crippen LogP contribution in [-0.2, 0) is 0 Å². The molecular weight excluding hydrogens is 387 g/mol. The summed E-state index contributed by atoms with van der Waals surface area (Å²) in [6.45, 7) is 4.17. The second kappa shape index (κ2) is 9.58. The van der Waals surface area contributed by atoms with Crippen molar-refractivity contribution < 1.29 is 4.74 Å². The number of halogens is 2. The van der Waals surface area contributed by atoms with Gasteiger partial charge in [0.2, 0.25) is 0 Å². The average Bonchev–Trinajstić information content (AvgIpc) is 3.17. The Morgan fingerprint density at radius 3 is 2.46 bits per heavy atom. The van der Waals surface area contributed by atoms with Crippen molar-refractivity contribution in [3.63, 3.8) is 0 Å². The lowest BCUT2D eigenvalue weighted by Crippen LogP contribution is -2.45. The Morgan fingerprint density at radius 2 is 1.77 bits per heavy atom. The van der Waals surface area contributed by atoms with Crippen molar-refractivity contribution in [1.29, 1.82) is 0 Å². The van der Waals surface area contributed by atoms with Gasteiger partial charge in [0.25, 0.3) is 0 Å². The number of nitrogens with zero attached hydrogens (tertiary/aromatic N) is 1. The van der Waals surface area contributed by atoms with E-state index < -0.39 is 0 Å². The fraction of sp³-hybridized carbons (Fsp3) is 0.300. The fourth-order valence-electron chi connectivity index (χ4n) is 3.63. The van der Waals surface area contributed by atoms with Gasteiger partial charge in [-0.2, -0.15) is 0 Å². The van der Waals surface area contributed by atoms with Crippen LogP contribution in [0.2, 0.25) is 0 Å². The predicted octanol–water partition coefficient (Wildman–Crippen LogP) is 4.75. The maximum absolute atomic E-state index is 5.79. The van der Waals surface area contributed by atoms with E-state index in [2.05, 4.69) is 64.1 Å². The molecule has 2 heterocycles. The molecule has 0 amide bonds. The number of hydrogen-bond acceptors (Lipinski definition) is 4. The highest BCUT2D eigenvalue weighted by Gasteiger charge is 2.28. The second-order valence-corrected chi connectivity index (χ2v) is 7.09. The fourth-order valence-corrected chi connectivity index (χ4v) is 4.49. The third kappa shape index (κ3) is 4.00. The van der Waals surface area contributed by atoms with Gasteiger partial charge in [0.05, 0.1) is 13.2 Å². The van der Waals surface area contributed by atoms with Crippen molar-refractivity contribution in [2.24, 2.45) is 0 Å². The van der Waals surface area contributed by atoms with Crippen LogP contribution < -0.4 is 10.1 Å². The van der Waals surface area contributed by atoms with Crippen molar-refractivity contribution >= 4 is 46.9 Å². The predicted molar refractivity (Wildman–Crippen MR) is 116 cm³/mol. The van der Waals surface area contributed by atoms with E-state index in [1.54, 1.807) is 7.11 Å². The molecule has 1 aromatic heterocycles. The summed E-state index contributed by atoms with van der Waals surface area (Å²) in [6.07, 6.45) is 0. The number of thiophene rings is 1. The molecule has 26 heavy (non-hydrogen) atoms. The van der Waals surface area contributed by atoms with Crippen molar-refractivity contribution in [2.45, 2.75) is 6.04 Å². The van der Waals surface area contributed by atoms with Gasteiger partial charge in [-0.25, -0.2) is 0 Å². The van der Waals surface area contributed by atoms with Crippen molar-refractivity contribution in [3.8, 4) is 5.75 Å². The maximum atomic E-state index is 5.79. The molecule has 0 saturated carbocycles. The highest BCUT2D eigenvalue weighted by Crippen LogP contribution is 2.41. The number of benzene rings is 2. The summed E-state index contributed by atoms with van der Waals surface area (Å²) in [5.74, 6) is 0.977. The highest BCUT2D eigenvalue weighted by atomic mass is 35.5. The van der Waals surface area contributed by atoms with E-state index in [9.17, 15) is 0 Å². The van der Waals surface area contributed by atoms with Crippen LogP contribution in [0.15, 0.2) is 53.9 Å². The maximum Gasteiger partial charge on any atom is 0.124 e. The van der Waals surface area contributed by atoms with E-state index in [0.717, 1.165) is 31.9 Å².